The molecule has 0 aliphatic rings. The van der Waals surface area contributed by atoms with E-state index in [2.05, 4.69) is 10.5 Å². The van der Waals surface area contributed by atoms with Gasteiger partial charge in [0.05, 0.1) is 12.8 Å². The molecule has 0 atom stereocenters. The van der Waals surface area contributed by atoms with Gasteiger partial charge in [0.2, 0.25) is 0 Å². The van der Waals surface area contributed by atoms with Gasteiger partial charge in [0, 0.05) is 17.8 Å². The fraction of sp³-hybridized carbons (Fsp3) is 0.160. The monoisotopic (exact) mass is 415 g/mol. The van der Waals surface area contributed by atoms with Crippen LogP contribution in [-0.4, -0.2) is 17.5 Å². The zero-order valence-electron chi connectivity index (χ0n) is 18.0. The normalized spacial score (nSPS) is 11.0. The number of anilines is 1. The summed E-state index contributed by atoms with van der Waals surface area (Å²) in [6.45, 7) is 3.06. The van der Waals surface area contributed by atoms with E-state index in [4.69, 9.17) is 4.74 Å². The lowest BCUT2D eigenvalue weighted by Gasteiger charge is -2.03. The van der Waals surface area contributed by atoms with Crippen LogP contribution in [0.1, 0.15) is 13.8 Å². The first-order valence-electron chi connectivity index (χ1n) is 9.84. The van der Waals surface area contributed by atoms with Crippen LogP contribution in [0.25, 0.3) is 21.5 Å². The van der Waals surface area contributed by atoms with Crippen LogP contribution in [0.3, 0.4) is 0 Å². The van der Waals surface area contributed by atoms with Gasteiger partial charge in [0.25, 0.3) is 5.56 Å². The molecule has 0 fully saturated rings. The van der Waals surface area contributed by atoms with Crippen LogP contribution < -0.4 is 21.2 Å². The van der Waals surface area contributed by atoms with Crippen molar-refractivity contribution in [1.29, 1.82) is 0 Å². The highest BCUT2D eigenvalue weighted by atomic mass is 16.5. The number of hydrogen-bond donors (Lipinski definition) is 1. The van der Waals surface area contributed by atoms with Crippen molar-refractivity contribution in [3.8, 4) is 5.75 Å². The Morgan fingerprint density at radius 2 is 1.32 bits per heavy atom. The number of ketones is 1. The molecule has 0 spiro atoms. The van der Waals surface area contributed by atoms with Gasteiger partial charge in [-0.3, -0.25) is 14.8 Å². The predicted molar refractivity (Wildman–Crippen MR) is 125 cm³/mol. The van der Waals surface area contributed by atoms with E-state index in [0.29, 0.717) is 10.9 Å². The maximum absolute atomic E-state index is 13.0. The first kappa shape index (κ1) is 21.8. The van der Waals surface area contributed by atoms with Crippen LogP contribution in [0, 0.1) is 0 Å². The van der Waals surface area contributed by atoms with E-state index in [1.165, 1.54) is 13.8 Å². The Morgan fingerprint density at radius 1 is 0.839 bits per heavy atom. The average molecular weight is 415 g/mol. The zero-order valence-corrected chi connectivity index (χ0v) is 18.0. The number of rotatable bonds is 3. The second-order valence-electron chi connectivity index (χ2n) is 7.14. The molecule has 0 saturated carbocycles. The number of ether oxygens (including phenoxy) is 1. The Bertz CT molecular complexity index is 1350. The summed E-state index contributed by atoms with van der Waals surface area (Å²) >= 11 is 0. The number of hydrogen-bond acceptors (Lipinski definition) is 5. The molecule has 0 amide bonds. The summed E-state index contributed by atoms with van der Waals surface area (Å²) in [6, 6.07) is 23.0. The lowest BCUT2D eigenvalue weighted by Crippen LogP contribution is -2.29. The summed E-state index contributed by atoms with van der Waals surface area (Å²) in [6.07, 6.45) is 0. The third-order valence-electron chi connectivity index (χ3n) is 4.62. The van der Waals surface area contributed by atoms with E-state index in [1.54, 1.807) is 18.7 Å². The molecule has 6 heteroatoms. The molecule has 4 aromatic rings. The molecule has 4 rings (SSSR count). The Labute approximate surface area is 180 Å². The molecule has 1 N–H and O–H groups in total. The van der Waals surface area contributed by atoms with Gasteiger partial charge in [-0.1, -0.05) is 42.5 Å². The quantitative estimate of drug-likeness (QED) is 0.509. The third-order valence-corrected chi connectivity index (χ3v) is 4.62. The molecule has 3 aromatic carbocycles. The van der Waals surface area contributed by atoms with Gasteiger partial charge in [-0.25, -0.2) is 0 Å². The van der Waals surface area contributed by atoms with Gasteiger partial charge >= 0.3 is 0 Å². The molecule has 6 nitrogen and oxygen atoms in total. The van der Waals surface area contributed by atoms with Crippen LogP contribution in [0.4, 0.5) is 5.69 Å². The molecule has 0 aliphatic carbocycles. The molecule has 0 radical (unpaired) electrons. The van der Waals surface area contributed by atoms with Crippen LogP contribution in [0.2, 0.25) is 0 Å². The van der Waals surface area contributed by atoms with E-state index < -0.39 is 0 Å². The van der Waals surface area contributed by atoms with Gasteiger partial charge in [-0.2, -0.15) is 5.10 Å². The van der Waals surface area contributed by atoms with Crippen molar-refractivity contribution in [3.05, 3.63) is 88.6 Å². The lowest BCUT2D eigenvalue weighted by atomic mass is 10.1. The van der Waals surface area contributed by atoms with Gasteiger partial charge in [0.15, 0.2) is 5.49 Å². The SMILES string of the molecule is CC(C)=O.COc1ccc(N/N=c2/c3ccccc3c3ccccc3c(=O)n2C)cc1. The van der Waals surface area contributed by atoms with Gasteiger partial charge in [-0.05, 0) is 55.0 Å². The number of aromatic nitrogens is 1. The molecule has 0 unspecified atom stereocenters. The Kier molecular flexibility index (Phi) is 6.82. The molecule has 158 valence electrons. The maximum Gasteiger partial charge on any atom is 0.259 e. The minimum absolute atomic E-state index is 0.0860. The number of nitrogens with one attached hydrogen (secondary N) is 1. The van der Waals surface area contributed by atoms with Crippen molar-refractivity contribution in [2.24, 2.45) is 12.1 Å². The molecule has 0 bridgehead atoms. The van der Waals surface area contributed by atoms with Crippen molar-refractivity contribution in [3.63, 3.8) is 0 Å². The number of fused-ring (bicyclic) bond motifs is 3. The minimum atomic E-state index is -0.0860. The highest BCUT2D eigenvalue weighted by Gasteiger charge is 2.07. The van der Waals surface area contributed by atoms with Crippen molar-refractivity contribution in [1.82, 2.24) is 4.57 Å². The lowest BCUT2D eigenvalue weighted by molar-refractivity contribution is -0.114. The molecule has 0 aliphatic heterocycles. The van der Waals surface area contributed by atoms with Gasteiger partial charge in [-0.15, -0.1) is 0 Å². The predicted octanol–water partition coefficient (Wildman–Crippen LogP) is 4.22. The molecular formula is C25H25N3O3. The molecule has 31 heavy (non-hydrogen) atoms. The molecule has 0 saturated heterocycles. The van der Waals surface area contributed by atoms with Crippen molar-refractivity contribution >= 4 is 33.0 Å². The van der Waals surface area contributed by atoms with E-state index in [-0.39, 0.29) is 11.3 Å². The second-order valence-corrected chi connectivity index (χ2v) is 7.14. The molecular weight excluding hydrogens is 390 g/mol. The van der Waals surface area contributed by atoms with E-state index in [9.17, 15) is 9.59 Å². The standard InChI is InChI=1S/C22H19N3O2.C3H6O/c1-25-21(24-23-15-11-13-16(27-2)14-12-15)19-9-5-3-7-17(19)18-8-4-6-10-20(18)22(25)26;1-3(2)4/h3-14,23H,1-2H3;1-2H3/b24-21-;. The van der Waals surface area contributed by atoms with Crippen molar-refractivity contribution in [2.45, 2.75) is 13.8 Å². The number of carbonyl (C=O) groups excluding carboxylic acids is 1. The van der Waals surface area contributed by atoms with Crippen LogP contribution in [0.15, 0.2) is 82.7 Å². The number of methoxy groups -OCH3 is 1. The van der Waals surface area contributed by atoms with Crippen LogP contribution in [-0.2, 0) is 11.8 Å². The van der Waals surface area contributed by atoms with Crippen LogP contribution in [0.5, 0.6) is 5.75 Å². The molecule has 1 heterocycles. The smallest absolute Gasteiger partial charge is 0.259 e. The fourth-order valence-corrected chi connectivity index (χ4v) is 3.19. The highest BCUT2D eigenvalue weighted by molar-refractivity contribution is 6.05. The summed E-state index contributed by atoms with van der Waals surface area (Å²) in [5.41, 5.74) is 4.35. The minimum Gasteiger partial charge on any atom is -0.497 e. The van der Waals surface area contributed by atoms with E-state index >= 15 is 0 Å². The summed E-state index contributed by atoms with van der Waals surface area (Å²) in [5, 5.41) is 8.03. The summed E-state index contributed by atoms with van der Waals surface area (Å²) in [7, 11) is 3.37. The first-order valence-corrected chi connectivity index (χ1v) is 9.84. The maximum atomic E-state index is 13.0. The van der Waals surface area contributed by atoms with Crippen molar-refractivity contribution in [2.75, 3.05) is 12.5 Å². The van der Waals surface area contributed by atoms with Crippen molar-refractivity contribution < 1.29 is 9.53 Å². The van der Waals surface area contributed by atoms with E-state index in [0.717, 1.165) is 27.6 Å². The number of benzene rings is 3. The zero-order chi connectivity index (χ0) is 22.4. The summed E-state index contributed by atoms with van der Waals surface area (Å²) < 4.78 is 6.76. The van der Waals surface area contributed by atoms with E-state index in [1.807, 2.05) is 72.8 Å². The third kappa shape index (κ3) is 4.98. The molecule has 1 aromatic heterocycles. The number of Topliss-reactive ketones (excluding diaryl/α,β-unsaturated/α-hetero) is 1. The largest absolute Gasteiger partial charge is 0.497 e. The topological polar surface area (TPSA) is 72.7 Å². The average Bonchev–Trinajstić information content (AvgIpc) is 2.87. The summed E-state index contributed by atoms with van der Waals surface area (Å²) in [5.74, 6) is 0.941. The fourth-order valence-electron chi connectivity index (χ4n) is 3.19. The highest BCUT2D eigenvalue weighted by Crippen LogP contribution is 2.19. The Morgan fingerprint density at radius 3 is 1.87 bits per heavy atom. The second kappa shape index (κ2) is 9.71. The van der Waals surface area contributed by atoms with Crippen LogP contribution >= 0.6 is 0 Å². The Hall–Kier alpha value is -3.93. The first-order chi connectivity index (χ1) is 14.9. The van der Waals surface area contributed by atoms with Gasteiger partial charge in [0.1, 0.15) is 11.5 Å². The Balaban J connectivity index is 0.000000628. The number of nitrogens with zero attached hydrogens (tertiary/aromatic N) is 2. The van der Waals surface area contributed by atoms with Gasteiger partial charge < -0.3 is 9.53 Å². The summed E-state index contributed by atoms with van der Waals surface area (Å²) in [4.78, 5) is 22.5. The number of carbonyl (C=O) groups is 1.